The minimum absolute atomic E-state index is 0.0155. The van der Waals surface area contributed by atoms with Crippen molar-refractivity contribution in [1.82, 2.24) is 0 Å². The molecule has 54 heavy (non-hydrogen) atoms. The van der Waals surface area contributed by atoms with Crippen molar-refractivity contribution in [1.29, 1.82) is 0 Å². The van der Waals surface area contributed by atoms with Crippen LogP contribution in [0.25, 0.3) is 0 Å². The Hall–Kier alpha value is -1.77. The predicted molar refractivity (Wildman–Crippen MR) is 224 cm³/mol. The van der Waals surface area contributed by atoms with Gasteiger partial charge in [0.2, 0.25) is 0 Å². The van der Waals surface area contributed by atoms with Gasteiger partial charge in [-0.25, -0.2) is 9.36 Å². The number of phosphoric ester groups is 1. The Morgan fingerprint density at radius 1 is 0.611 bits per heavy atom. The van der Waals surface area contributed by atoms with Gasteiger partial charge < -0.3 is 18.9 Å². The van der Waals surface area contributed by atoms with Crippen molar-refractivity contribution in [3.63, 3.8) is 0 Å². The molecule has 0 radical (unpaired) electrons. The van der Waals surface area contributed by atoms with E-state index in [9.17, 15) is 19.0 Å². The van der Waals surface area contributed by atoms with Crippen molar-refractivity contribution in [3.8, 4) is 0 Å². The molecular weight excluding hydrogens is 701 g/mol. The van der Waals surface area contributed by atoms with Crippen molar-refractivity contribution in [2.45, 2.75) is 187 Å². The number of ether oxygens (including phenoxy) is 2. The van der Waals surface area contributed by atoms with Crippen LogP contribution in [-0.2, 0) is 32.7 Å². The highest BCUT2D eigenvalue weighted by molar-refractivity contribution is 7.47. The first kappa shape index (κ1) is 52.2. The van der Waals surface area contributed by atoms with Crippen LogP contribution in [-0.4, -0.2) is 74.9 Å². The fourth-order valence-electron chi connectivity index (χ4n) is 5.80. The third-order valence-electron chi connectivity index (χ3n) is 9.25. The predicted octanol–water partition coefficient (Wildman–Crippen LogP) is 12.1. The number of esters is 2. The Morgan fingerprint density at radius 3 is 1.59 bits per heavy atom. The summed E-state index contributed by atoms with van der Waals surface area (Å²) in [6.45, 7) is 4.28. The normalized spacial score (nSPS) is 14.0. The number of phosphoric acid groups is 1. The zero-order chi connectivity index (χ0) is 40.0. The number of hydrogen-bond acceptors (Lipinski definition) is 7. The molecule has 0 spiro atoms. The van der Waals surface area contributed by atoms with Crippen molar-refractivity contribution >= 4 is 19.8 Å². The summed E-state index contributed by atoms with van der Waals surface area (Å²) in [6.07, 6.45) is 41.1. The van der Waals surface area contributed by atoms with Gasteiger partial charge in [-0.3, -0.25) is 13.8 Å². The highest BCUT2D eigenvalue weighted by Crippen LogP contribution is 2.43. The highest BCUT2D eigenvalue weighted by Gasteiger charge is 2.26. The summed E-state index contributed by atoms with van der Waals surface area (Å²) in [4.78, 5) is 35.2. The molecule has 0 aliphatic heterocycles. The summed E-state index contributed by atoms with van der Waals surface area (Å²) in [5.41, 5.74) is 0. The van der Waals surface area contributed by atoms with Crippen LogP contribution in [0.3, 0.4) is 0 Å². The van der Waals surface area contributed by atoms with E-state index < -0.39 is 32.5 Å². The van der Waals surface area contributed by atoms with E-state index in [2.05, 4.69) is 26.0 Å². The third-order valence-corrected chi connectivity index (χ3v) is 10.2. The first-order valence-corrected chi connectivity index (χ1v) is 23.3. The van der Waals surface area contributed by atoms with Gasteiger partial charge in [0.25, 0.3) is 0 Å². The second-order valence-corrected chi connectivity index (χ2v) is 17.3. The molecule has 0 bridgehead atoms. The van der Waals surface area contributed by atoms with E-state index in [1.54, 1.807) is 6.08 Å². The van der Waals surface area contributed by atoms with Crippen LogP contribution < -0.4 is 0 Å². The van der Waals surface area contributed by atoms with Crippen molar-refractivity contribution in [2.24, 2.45) is 0 Å². The Kier molecular flexibility index (Phi) is 35.6. The average Bonchev–Trinajstić information content (AvgIpc) is 3.12. The lowest BCUT2D eigenvalue weighted by atomic mass is 10.1. The van der Waals surface area contributed by atoms with E-state index >= 15 is 0 Å². The minimum Gasteiger partial charge on any atom is -0.462 e. The van der Waals surface area contributed by atoms with Gasteiger partial charge >= 0.3 is 19.8 Å². The van der Waals surface area contributed by atoms with Gasteiger partial charge in [0.15, 0.2) is 6.10 Å². The molecule has 0 rings (SSSR count). The van der Waals surface area contributed by atoms with Crippen molar-refractivity contribution in [3.05, 3.63) is 36.5 Å². The van der Waals surface area contributed by atoms with Gasteiger partial charge in [0.1, 0.15) is 19.8 Å². The Bertz CT molecular complexity index is 1020. The molecule has 2 atom stereocenters. The quantitative estimate of drug-likeness (QED) is 0.0125. The Morgan fingerprint density at radius 2 is 1.07 bits per heavy atom. The first-order chi connectivity index (χ1) is 26.0. The SMILES string of the molecule is CCCCCC/C=C/CCCCCCCCCC(=O)OC[C@H](COP(=O)(O)OCC[N+](C)(C)C)OC(=O)/C=C/C=C/CCCCCCCCCCCCC. The van der Waals surface area contributed by atoms with E-state index in [0.29, 0.717) is 11.0 Å². The molecular formula is C44H83NO8P+. The zero-order valence-corrected chi connectivity index (χ0v) is 36.3. The zero-order valence-electron chi connectivity index (χ0n) is 35.5. The molecule has 0 aromatic rings. The number of quaternary nitrogens is 1. The number of rotatable bonds is 39. The number of unbranched alkanes of at least 4 members (excludes halogenated alkanes) is 22. The fourth-order valence-corrected chi connectivity index (χ4v) is 6.54. The molecule has 0 saturated heterocycles. The molecule has 1 N–H and O–H groups in total. The van der Waals surface area contributed by atoms with E-state index in [1.165, 1.54) is 122 Å². The average molecular weight is 785 g/mol. The molecule has 10 heteroatoms. The fraction of sp³-hybridized carbons (Fsp3) is 0.818. The van der Waals surface area contributed by atoms with E-state index in [1.807, 2.05) is 33.3 Å². The molecule has 1 unspecified atom stereocenters. The number of hydrogen-bond donors (Lipinski definition) is 1. The number of carbonyl (C=O) groups excluding carboxylic acids is 2. The van der Waals surface area contributed by atoms with Crippen LogP contribution in [0.4, 0.5) is 0 Å². The molecule has 0 aromatic carbocycles. The van der Waals surface area contributed by atoms with E-state index in [-0.39, 0.29) is 19.6 Å². The molecule has 9 nitrogen and oxygen atoms in total. The molecule has 0 aliphatic carbocycles. The van der Waals surface area contributed by atoms with Crippen molar-refractivity contribution < 1.29 is 42.1 Å². The third kappa shape index (κ3) is 39.9. The molecule has 0 aliphatic rings. The van der Waals surface area contributed by atoms with E-state index in [4.69, 9.17) is 18.5 Å². The highest BCUT2D eigenvalue weighted by atomic mass is 31.2. The maximum atomic E-state index is 12.6. The maximum absolute atomic E-state index is 12.6. The van der Waals surface area contributed by atoms with Gasteiger partial charge in [0.05, 0.1) is 27.7 Å². The van der Waals surface area contributed by atoms with Gasteiger partial charge in [-0.05, 0) is 44.9 Å². The van der Waals surface area contributed by atoms with Crippen LogP contribution in [0.1, 0.15) is 181 Å². The summed E-state index contributed by atoms with van der Waals surface area (Å²) < 4.78 is 34.1. The molecule has 0 aromatic heterocycles. The summed E-state index contributed by atoms with van der Waals surface area (Å²) >= 11 is 0. The molecule has 316 valence electrons. The number of allylic oxidation sites excluding steroid dienone is 5. The smallest absolute Gasteiger partial charge is 0.462 e. The number of carbonyl (C=O) groups is 2. The molecule has 0 fully saturated rings. The maximum Gasteiger partial charge on any atom is 0.472 e. The lowest BCUT2D eigenvalue weighted by Gasteiger charge is -2.24. The van der Waals surface area contributed by atoms with Gasteiger partial charge in [0, 0.05) is 12.5 Å². The molecule has 0 amide bonds. The van der Waals surface area contributed by atoms with Crippen LogP contribution in [0.5, 0.6) is 0 Å². The van der Waals surface area contributed by atoms with Crippen LogP contribution >= 0.6 is 7.82 Å². The summed E-state index contributed by atoms with van der Waals surface area (Å²) in [6, 6.07) is 0. The standard InChI is InChI=1S/C44H82NO8P/c1-6-8-10-12-14-16-18-20-22-24-26-28-30-32-34-36-43(46)50-40-42(41-52-54(48,49)51-39-38-45(3,4)5)53-44(47)37-35-33-31-29-27-25-23-21-19-17-15-13-11-9-7-2/h16,18,31,33,35,37,42H,6-15,17,19-30,32,34,36,38-41H2,1-5H3/p+1/b18-16+,33-31+,37-35+/t42-/m1/s1. The van der Waals surface area contributed by atoms with Gasteiger partial charge in [-0.1, -0.05) is 160 Å². The van der Waals surface area contributed by atoms with Gasteiger partial charge in [-0.2, -0.15) is 0 Å². The van der Waals surface area contributed by atoms with Crippen molar-refractivity contribution in [2.75, 3.05) is 47.5 Å². The van der Waals surface area contributed by atoms with Crippen LogP contribution in [0.2, 0.25) is 0 Å². The molecule has 0 heterocycles. The Labute approximate surface area is 331 Å². The van der Waals surface area contributed by atoms with E-state index in [0.717, 1.165) is 44.9 Å². The second kappa shape index (κ2) is 36.8. The first-order valence-electron chi connectivity index (χ1n) is 21.8. The topological polar surface area (TPSA) is 108 Å². The van der Waals surface area contributed by atoms with Crippen LogP contribution in [0, 0.1) is 0 Å². The van der Waals surface area contributed by atoms with Crippen LogP contribution in [0.15, 0.2) is 36.5 Å². The second-order valence-electron chi connectivity index (χ2n) is 15.8. The number of likely N-dealkylation sites (N-methyl/N-ethyl adjacent to an activating group) is 1. The summed E-state index contributed by atoms with van der Waals surface area (Å²) in [5, 5.41) is 0. The Balaban J connectivity index is 4.47. The molecule has 0 saturated carbocycles. The minimum atomic E-state index is -4.40. The number of nitrogens with zero attached hydrogens (tertiary/aromatic N) is 1. The largest absolute Gasteiger partial charge is 0.472 e. The lowest BCUT2D eigenvalue weighted by Crippen LogP contribution is -2.37. The summed E-state index contributed by atoms with van der Waals surface area (Å²) in [5.74, 6) is -1.05. The summed E-state index contributed by atoms with van der Waals surface area (Å²) in [7, 11) is 1.42. The van der Waals surface area contributed by atoms with Gasteiger partial charge in [-0.15, -0.1) is 0 Å². The lowest BCUT2D eigenvalue weighted by molar-refractivity contribution is -0.870. The monoisotopic (exact) mass is 785 g/mol.